The summed E-state index contributed by atoms with van der Waals surface area (Å²) in [6, 6.07) is 23.7. The Morgan fingerprint density at radius 1 is 0.961 bits per heavy atom. The van der Waals surface area contributed by atoms with Crippen molar-refractivity contribution >= 4 is 44.8 Å². The van der Waals surface area contributed by atoms with Gasteiger partial charge in [0.05, 0.1) is 22.6 Å². The number of amides is 2. The van der Waals surface area contributed by atoms with Crippen LogP contribution in [0.2, 0.25) is 5.02 Å². The summed E-state index contributed by atoms with van der Waals surface area (Å²) < 4.78 is 35.4. The van der Waals surface area contributed by atoms with Crippen LogP contribution >= 0.6 is 11.6 Å². The standard InChI is InChI=1S/C38H41ClN4O7S/c1-26-13-16-29(17-14-26)24-41(35(21-28-9-5-4-6-10-28)38(45)40-31-11-7-8-12-31)37(44)25-42(34-22-30(39)18-20-36(34)50-3)51(48,49)32-19-15-27(2)33(23-32)43(46)47/h4-6,9-10,13-20,22-23,31,35H,7-8,11-12,21,24-25H2,1-3H3,(H,40,45)/t35-/m1/s1. The fourth-order valence-corrected chi connectivity index (χ4v) is 7.86. The van der Waals surface area contributed by atoms with Crippen LogP contribution in [-0.4, -0.2) is 55.8 Å². The first kappa shape index (κ1) is 37.3. The lowest BCUT2D eigenvalue weighted by atomic mass is 10.0. The highest BCUT2D eigenvalue weighted by Gasteiger charge is 2.37. The molecular formula is C38H41ClN4O7S. The van der Waals surface area contributed by atoms with E-state index in [1.807, 2.05) is 61.5 Å². The van der Waals surface area contributed by atoms with E-state index in [-0.39, 0.29) is 46.9 Å². The van der Waals surface area contributed by atoms with Gasteiger partial charge in [0, 0.05) is 35.7 Å². The summed E-state index contributed by atoms with van der Waals surface area (Å²) in [6.45, 7) is 2.68. The lowest BCUT2D eigenvalue weighted by Crippen LogP contribution is -2.54. The number of nitrogens with one attached hydrogen (secondary N) is 1. The van der Waals surface area contributed by atoms with Crippen LogP contribution in [0.25, 0.3) is 0 Å². The largest absolute Gasteiger partial charge is 0.495 e. The molecule has 0 aromatic heterocycles. The monoisotopic (exact) mass is 732 g/mol. The number of carbonyl (C=O) groups is 2. The van der Waals surface area contributed by atoms with E-state index in [1.165, 1.54) is 49.3 Å². The molecule has 5 rings (SSSR count). The van der Waals surface area contributed by atoms with Crippen molar-refractivity contribution in [2.45, 2.75) is 69.5 Å². The molecule has 2 amide bonds. The molecular weight excluding hydrogens is 692 g/mol. The van der Waals surface area contributed by atoms with E-state index in [0.29, 0.717) is 0 Å². The maximum Gasteiger partial charge on any atom is 0.273 e. The predicted molar refractivity (Wildman–Crippen MR) is 196 cm³/mol. The van der Waals surface area contributed by atoms with E-state index < -0.39 is 44.0 Å². The van der Waals surface area contributed by atoms with E-state index in [4.69, 9.17) is 16.3 Å². The van der Waals surface area contributed by atoms with Crippen LogP contribution in [0, 0.1) is 24.0 Å². The fraction of sp³-hybridized carbons (Fsp3) is 0.316. The second-order valence-electron chi connectivity index (χ2n) is 12.7. The number of methoxy groups -OCH3 is 1. The molecule has 4 aromatic carbocycles. The molecule has 0 radical (unpaired) electrons. The van der Waals surface area contributed by atoms with E-state index in [9.17, 15) is 28.1 Å². The number of sulfonamides is 1. The average molecular weight is 733 g/mol. The van der Waals surface area contributed by atoms with Gasteiger partial charge in [-0.25, -0.2) is 8.42 Å². The molecule has 0 aliphatic heterocycles. The molecule has 13 heteroatoms. The first-order valence-corrected chi connectivity index (χ1v) is 18.5. The second-order valence-corrected chi connectivity index (χ2v) is 15.0. The number of halogens is 1. The van der Waals surface area contributed by atoms with E-state index in [0.717, 1.165) is 52.7 Å². The van der Waals surface area contributed by atoms with E-state index >= 15 is 0 Å². The normalized spacial score (nSPS) is 13.7. The first-order chi connectivity index (χ1) is 24.4. The van der Waals surface area contributed by atoms with Gasteiger partial charge in [0.25, 0.3) is 15.7 Å². The molecule has 0 saturated heterocycles. The fourth-order valence-electron chi connectivity index (χ4n) is 6.26. The summed E-state index contributed by atoms with van der Waals surface area (Å²) in [5.74, 6) is -0.914. The van der Waals surface area contributed by atoms with Crippen LogP contribution in [0.15, 0.2) is 95.9 Å². The van der Waals surface area contributed by atoms with Crippen molar-refractivity contribution in [1.29, 1.82) is 0 Å². The maximum absolute atomic E-state index is 14.8. The highest BCUT2D eigenvalue weighted by molar-refractivity contribution is 7.92. The summed E-state index contributed by atoms with van der Waals surface area (Å²) in [5.41, 5.74) is 2.39. The van der Waals surface area contributed by atoms with Gasteiger partial charge in [-0.1, -0.05) is 90.7 Å². The minimum Gasteiger partial charge on any atom is -0.495 e. The summed E-state index contributed by atoms with van der Waals surface area (Å²) >= 11 is 6.37. The van der Waals surface area contributed by atoms with Crippen molar-refractivity contribution in [2.24, 2.45) is 0 Å². The van der Waals surface area contributed by atoms with Gasteiger partial charge in [0.15, 0.2) is 0 Å². The number of anilines is 1. The van der Waals surface area contributed by atoms with Crippen molar-refractivity contribution in [2.75, 3.05) is 18.0 Å². The second kappa shape index (κ2) is 16.4. The molecule has 268 valence electrons. The quantitative estimate of drug-likeness (QED) is 0.112. The molecule has 0 spiro atoms. The molecule has 0 bridgehead atoms. The van der Waals surface area contributed by atoms with Crippen LogP contribution in [0.1, 0.15) is 47.9 Å². The van der Waals surface area contributed by atoms with Gasteiger partial charge >= 0.3 is 0 Å². The summed E-state index contributed by atoms with van der Waals surface area (Å²) in [6.07, 6.45) is 3.82. The first-order valence-electron chi connectivity index (χ1n) is 16.7. The zero-order valence-corrected chi connectivity index (χ0v) is 30.3. The van der Waals surface area contributed by atoms with Crippen molar-refractivity contribution in [3.05, 3.63) is 128 Å². The van der Waals surface area contributed by atoms with Gasteiger partial charge in [0.2, 0.25) is 11.8 Å². The Balaban J connectivity index is 1.63. The molecule has 1 atom stereocenters. The Morgan fingerprint density at radius 3 is 2.29 bits per heavy atom. The SMILES string of the molecule is COc1ccc(Cl)cc1N(CC(=O)N(Cc1ccc(C)cc1)[C@H](Cc1ccccc1)C(=O)NC1CCCC1)S(=O)(=O)c1ccc(C)c([N+](=O)[O-])c1. The lowest BCUT2D eigenvalue weighted by molar-refractivity contribution is -0.385. The Hall–Kier alpha value is -4.94. The highest BCUT2D eigenvalue weighted by Crippen LogP contribution is 2.36. The Bertz CT molecular complexity index is 1990. The maximum atomic E-state index is 14.8. The number of benzene rings is 4. The summed E-state index contributed by atoms with van der Waals surface area (Å²) in [7, 11) is -3.31. The Kier molecular flexibility index (Phi) is 12.0. The summed E-state index contributed by atoms with van der Waals surface area (Å²) in [4.78, 5) is 41.2. The van der Waals surface area contributed by atoms with Gasteiger partial charge < -0.3 is 15.0 Å². The van der Waals surface area contributed by atoms with Crippen molar-refractivity contribution < 1.29 is 27.7 Å². The van der Waals surface area contributed by atoms with Gasteiger partial charge in [-0.15, -0.1) is 0 Å². The highest BCUT2D eigenvalue weighted by atomic mass is 35.5. The number of nitro benzene ring substituents is 1. The van der Waals surface area contributed by atoms with Gasteiger partial charge in [0.1, 0.15) is 18.3 Å². The number of nitro groups is 1. The van der Waals surface area contributed by atoms with Crippen LogP contribution < -0.4 is 14.4 Å². The number of aryl methyl sites for hydroxylation is 2. The van der Waals surface area contributed by atoms with Crippen molar-refractivity contribution in [3.8, 4) is 5.75 Å². The van der Waals surface area contributed by atoms with Crippen molar-refractivity contribution in [1.82, 2.24) is 10.2 Å². The zero-order valence-electron chi connectivity index (χ0n) is 28.8. The minimum absolute atomic E-state index is 0.00523. The van der Waals surface area contributed by atoms with Gasteiger partial charge in [-0.3, -0.25) is 24.0 Å². The zero-order chi connectivity index (χ0) is 36.7. The molecule has 0 unspecified atom stereocenters. The Morgan fingerprint density at radius 2 is 1.65 bits per heavy atom. The third-order valence-corrected chi connectivity index (χ3v) is 11.1. The van der Waals surface area contributed by atoms with Crippen LogP contribution in [0.4, 0.5) is 11.4 Å². The molecule has 1 saturated carbocycles. The lowest BCUT2D eigenvalue weighted by Gasteiger charge is -2.34. The number of nitrogens with zero attached hydrogens (tertiary/aromatic N) is 3. The van der Waals surface area contributed by atoms with Crippen LogP contribution in [0.5, 0.6) is 5.75 Å². The van der Waals surface area contributed by atoms with E-state index in [2.05, 4.69) is 5.32 Å². The minimum atomic E-state index is -4.66. The van der Waals surface area contributed by atoms with Crippen molar-refractivity contribution in [3.63, 3.8) is 0 Å². The molecule has 1 N–H and O–H groups in total. The number of carbonyl (C=O) groups excluding carboxylic acids is 2. The third kappa shape index (κ3) is 9.05. The topological polar surface area (TPSA) is 139 Å². The molecule has 0 heterocycles. The smallest absolute Gasteiger partial charge is 0.273 e. The number of ether oxygens (including phenoxy) is 1. The molecule has 1 fully saturated rings. The Labute approximate surface area is 303 Å². The third-order valence-electron chi connectivity index (χ3n) is 9.10. The van der Waals surface area contributed by atoms with Crippen LogP contribution in [-0.2, 0) is 32.6 Å². The van der Waals surface area contributed by atoms with Gasteiger partial charge in [-0.2, -0.15) is 0 Å². The van der Waals surface area contributed by atoms with Gasteiger partial charge in [-0.05, 0) is 62.1 Å². The number of hydrogen-bond acceptors (Lipinski definition) is 7. The molecule has 4 aromatic rings. The average Bonchev–Trinajstić information content (AvgIpc) is 3.62. The predicted octanol–water partition coefficient (Wildman–Crippen LogP) is 6.77. The molecule has 11 nitrogen and oxygen atoms in total. The van der Waals surface area contributed by atoms with Crippen LogP contribution in [0.3, 0.4) is 0 Å². The molecule has 51 heavy (non-hydrogen) atoms. The van der Waals surface area contributed by atoms with E-state index in [1.54, 1.807) is 0 Å². The molecule has 1 aliphatic rings. The molecule has 1 aliphatic carbocycles. The summed E-state index contributed by atoms with van der Waals surface area (Å²) in [5, 5.41) is 15.1. The number of rotatable bonds is 14. The number of hydrogen-bond donors (Lipinski definition) is 1.